The maximum atomic E-state index is 13.1. The first kappa shape index (κ1) is 25.8. The second-order valence-corrected chi connectivity index (χ2v) is 10.4. The summed E-state index contributed by atoms with van der Waals surface area (Å²) in [5, 5.41) is 22.6. The number of para-hydroxylation sites is 1. The smallest absolute Gasteiger partial charge is 0.426 e. The van der Waals surface area contributed by atoms with Gasteiger partial charge in [-0.25, -0.2) is 13.4 Å². The van der Waals surface area contributed by atoms with E-state index in [0.29, 0.717) is 18.4 Å². The molecular weight excluding hydrogens is 453 g/mol. The van der Waals surface area contributed by atoms with Gasteiger partial charge in [0.2, 0.25) is 5.91 Å². The molecule has 2 aromatic carbocycles. The van der Waals surface area contributed by atoms with Crippen LogP contribution >= 0.6 is 0 Å². The van der Waals surface area contributed by atoms with Crippen LogP contribution in [0.15, 0.2) is 71.8 Å². The Balaban J connectivity index is 1.84. The third-order valence-electron chi connectivity index (χ3n) is 5.44. The summed E-state index contributed by atoms with van der Waals surface area (Å²) in [4.78, 5) is 17.3. The third kappa shape index (κ3) is 7.10. The van der Waals surface area contributed by atoms with Gasteiger partial charge in [-0.1, -0.05) is 62.4 Å². The van der Waals surface area contributed by atoms with E-state index < -0.39 is 35.0 Å². The molecule has 0 fully saturated rings. The average Bonchev–Trinajstić information content (AvgIpc) is 2.81. The van der Waals surface area contributed by atoms with Gasteiger partial charge in [-0.3, -0.25) is 4.79 Å². The number of aromatic nitrogens is 1. The Morgan fingerprint density at radius 1 is 1.00 bits per heavy atom. The van der Waals surface area contributed by atoms with Crippen LogP contribution in [0.25, 0.3) is 10.9 Å². The second-order valence-electron chi connectivity index (χ2n) is 8.70. The van der Waals surface area contributed by atoms with Gasteiger partial charge < -0.3 is 15.4 Å². The fourth-order valence-electron chi connectivity index (χ4n) is 3.69. The van der Waals surface area contributed by atoms with Crippen molar-refractivity contribution in [2.75, 3.05) is 0 Å². The lowest BCUT2D eigenvalue weighted by atomic mass is 9.75. The van der Waals surface area contributed by atoms with E-state index >= 15 is 0 Å². The Bertz CT molecular complexity index is 1210. The number of sulfonamides is 1. The van der Waals surface area contributed by atoms with Crippen LogP contribution in [0.1, 0.15) is 32.3 Å². The first-order valence-corrected chi connectivity index (χ1v) is 12.7. The van der Waals surface area contributed by atoms with E-state index in [1.165, 1.54) is 6.07 Å². The Hall–Kier alpha value is -2.79. The molecule has 0 bridgehead atoms. The van der Waals surface area contributed by atoms with Gasteiger partial charge in [0.05, 0.1) is 11.5 Å². The fraction of sp³-hybridized carbons (Fsp3) is 0.333. The van der Waals surface area contributed by atoms with Crippen LogP contribution in [0.3, 0.4) is 0 Å². The highest BCUT2D eigenvalue weighted by Gasteiger charge is 2.31. The summed E-state index contributed by atoms with van der Waals surface area (Å²) in [5.41, 5.74) is 1.47. The quantitative estimate of drug-likeness (QED) is 0.309. The highest BCUT2D eigenvalue weighted by Crippen LogP contribution is 2.16. The minimum atomic E-state index is -4.13. The van der Waals surface area contributed by atoms with Crippen LogP contribution < -0.4 is 10.0 Å². The van der Waals surface area contributed by atoms with Crippen LogP contribution in [0.5, 0.6) is 0 Å². The number of nitrogens with one attached hydrogen (secondary N) is 2. The normalized spacial score (nSPS) is 13.6. The molecular formula is C24H30BN3O5S. The van der Waals surface area contributed by atoms with E-state index in [9.17, 15) is 23.3 Å². The molecule has 2 atom stereocenters. The zero-order chi connectivity index (χ0) is 24.7. The first-order valence-electron chi connectivity index (χ1n) is 11.2. The van der Waals surface area contributed by atoms with Gasteiger partial charge in [-0.2, -0.15) is 4.72 Å². The third-order valence-corrected chi connectivity index (χ3v) is 6.81. The monoisotopic (exact) mass is 483 g/mol. The van der Waals surface area contributed by atoms with Gasteiger partial charge >= 0.3 is 7.12 Å². The molecule has 8 nitrogen and oxygen atoms in total. The Labute approximate surface area is 200 Å². The Morgan fingerprint density at radius 3 is 2.35 bits per heavy atom. The van der Waals surface area contributed by atoms with Crippen LogP contribution in [-0.2, 0) is 21.2 Å². The molecule has 10 heteroatoms. The SMILES string of the molecule is CC(C)C[C@H](NC(=O)[C@H](CCc1ccccc1)NS(=O)(=O)c1ccc2ccccc2n1)B(O)O. The number of hydrogen-bond acceptors (Lipinski definition) is 6. The van der Waals surface area contributed by atoms with Crippen LogP contribution in [-0.4, -0.2) is 48.5 Å². The van der Waals surface area contributed by atoms with Crippen molar-refractivity contribution in [3.63, 3.8) is 0 Å². The lowest BCUT2D eigenvalue weighted by Crippen LogP contribution is -2.54. The van der Waals surface area contributed by atoms with Gasteiger partial charge in [-0.15, -0.1) is 0 Å². The van der Waals surface area contributed by atoms with Gasteiger partial charge in [0.15, 0.2) is 5.03 Å². The molecule has 0 saturated carbocycles. The molecule has 0 unspecified atom stereocenters. The molecule has 0 aliphatic rings. The van der Waals surface area contributed by atoms with Crippen LogP contribution in [0, 0.1) is 5.92 Å². The number of carbonyl (C=O) groups is 1. The molecule has 4 N–H and O–H groups in total. The van der Waals surface area contributed by atoms with Crippen molar-refractivity contribution in [1.82, 2.24) is 15.0 Å². The maximum Gasteiger partial charge on any atom is 0.475 e. The number of carbonyl (C=O) groups excluding carboxylic acids is 1. The van der Waals surface area contributed by atoms with E-state index in [2.05, 4.69) is 15.0 Å². The highest BCUT2D eigenvalue weighted by molar-refractivity contribution is 7.89. The van der Waals surface area contributed by atoms with Gasteiger partial charge in [-0.05, 0) is 48.9 Å². The number of benzene rings is 2. The lowest BCUT2D eigenvalue weighted by Gasteiger charge is -2.24. The molecule has 0 aliphatic heterocycles. The number of aryl methyl sites for hydroxylation is 1. The van der Waals surface area contributed by atoms with E-state index in [0.717, 1.165) is 10.9 Å². The number of rotatable bonds is 11. The maximum absolute atomic E-state index is 13.1. The second kappa shape index (κ2) is 11.6. The van der Waals surface area contributed by atoms with Gasteiger partial charge in [0.25, 0.3) is 10.0 Å². The molecule has 34 heavy (non-hydrogen) atoms. The molecule has 0 radical (unpaired) electrons. The zero-order valence-corrected chi connectivity index (χ0v) is 20.1. The molecule has 1 amide bonds. The Morgan fingerprint density at radius 2 is 1.68 bits per heavy atom. The summed E-state index contributed by atoms with van der Waals surface area (Å²) in [6.45, 7) is 3.78. The number of fused-ring (bicyclic) bond motifs is 1. The number of nitrogens with zero attached hydrogens (tertiary/aromatic N) is 1. The topological polar surface area (TPSA) is 129 Å². The molecule has 0 aliphatic carbocycles. The fourth-order valence-corrected chi connectivity index (χ4v) is 4.88. The summed E-state index contributed by atoms with van der Waals surface area (Å²) in [6, 6.07) is 18.5. The van der Waals surface area contributed by atoms with Crippen molar-refractivity contribution in [1.29, 1.82) is 0 Å². The molecule has 1 aromatic heterocycles. The van der Waals surface area contributed by atoms with Crippen molar-refractivity contribution >= 4 is 34.0 Å². The largest absolute Gasteiger partial charge is 0.475 e. The Kier molecular flexibility index (Phi) is 8.79. The minimum Gasteiger partial charge on any atom is -0.426 e. The van der Waals surface area contributed by atoms with Crippen molar-refractivity contribution in [2.45, 2.75) is 50.1 Å². The predicted molar refractivity (Wildman–Crippen MR) is 132 cm³/mol. The zero-order valence-electron chi connectivity index (χ0n) is 19.3. The first-order chi connectivity index (χ1) is 16.2. The van der Waals surface area contributed by atoms with Crippen molar-refractivity contribution < 1.29 is 23.3 Å². The van der Waals surface area contributed by atoms with Crippen LogP contribution in [0.4, 0.5) is 0 Å². The average molecular weight is 483 g/mol. The number of pyridine rings is 1. The molecule has 180 valence electrons. The highest BCUT2D eigenvalue weighted by atomic mass is 32.2. The van der Waals surface area contributed by atoms with Crippen molar-refractivity contribution in [2.24, 2.45) is 5.92 Å². The molecule has 0 saturated heterocycles. The van der Waals surface area contributed by atoms with Crippen LogP contribution in [0.2, 0.25) is 0 Å². The number of hydrogen-bond donors (Lipinski definition) is 4. The van der Waals surface area contributed by atoms with E-state index in [1.54, 1.807) is 18.2 Å². The summed E-state index contributed by atoms with van der Waals surface area (Å²) < 4.78 is 28.8. The standard InChI is InChI=1S/C24H30BN3O5S/c1-17(2)16-22(25(30)31)27-24(29)21(14-12-18-8-4-3-5-9-18)28-34(32,33)23-15-13-19-10-6-7-11-20(19)26-23/h3-11,13,15,17,21-22,28,30-31H,12,14,16H2,1-2H3,(H,27,29)/t21-,22-/m0/s1. The summed E-state index contributed by atoms with van der Waals surface area (Å²) in [5.74, 6) is -1.46. The lowest BCUT2D eigenvalue weighted by molar-refractivity contribution is -0.123. The minimum absolute atomic E-state index is 0.0911. The van der Waals surface area contributed by atoms with Crippen molar-refractivity contribution in [3.05, 3.63) is 72.3 Å². The molecule has 3 rings (SSSR count). The van der Waals surface area contributed by atoms with E-state index in [4.69, 9.17) is 0 Å². The summed E-state index contributed by atoms with van der Waals surface area (Å²) >= 11 is 0. The van der Waals surface area contributed by atoms with Gasteiger partial charge in [0, 0.05) is 5.39 Å². The van der Waals surface area contributed by atoms with E-state index in [1.807, 2.05) is 56.3 Å². The summed E-state index contributed by atoms with van der Waals surface area (Å²) in [7, 11) is -5.89. The molecule has 1 heterocycles. The predicted octanol–water partition coefficient (Wildman–Crippen LogP) is 2.06. The van der Waals surface area contributed by atoms with Crippen molar-refractivity contribution in [3.8, 4) is 0 Å². The van der Waals surface area contributed by atoms with Gasteiger partial charge in [0.1, 0.15) is 6.04 Å². The summed E-state index contributed by atoms with van der Waals surface area (Å²) in [6.07, 6.45) is 0.954. The molecule has 0 spiro atoms. The number of amides is 1. The molecule has 3 aromatic rings. The van der Waals surface area contributed by atoms with E-state index in [-0.39, 0.29) is 17.4 Å².